The number of carbonyl (C=O) groups excluding carboxylic acids is 3. The third-order valence-electron chi connectivity index (χ3n) is 10.9. The molecule has 0 aliphatic rings. The molecule has 382 valence electrons. The topological polar surface area (TPSA) is 78.9 Å². The molecule has 1 atom stereocenters. The lowest BCUT2D eigenvalue weighted by Gasteiger charge is -2.18. The molecule has 0 saturated heterocycles. The molecular formula is C62H98O6. The molecule has 0 aliphatic carbocycles. The van der Waals surface area contributed by atoms with Crippen LogP contribution in [0.2, 0.25) is 0 Å². The average molecular weight is 939 g/mol. The molecule has 0 heterocycles. The van der Waals surface area contributed by atoms with Gasteiger partial charge in [0.05, 0.1) is 0 Å². The van der Waals surface area contributed by atoms with Crippen LogP contribution in [0, 0.1) is 0 Å². The molecule has 68 heavy (non-hydrogen) atoms. The molecule has 0 aromatic rings. The van der Waals surface area contributed by atoms with E-state index in [4.69, 9.17) is 14.2 Å². The standard InChI is InChI=1S/C62H98O6/c1-4-7-10-13-16-19-21-23-25-27-29-31-33-35-37-39-41-43-46-49-52-55-61(64)67-58-59(57-66-60(63)54-51-48-45-18-15-12-9-6-3)68-62(65)56-53-50-47-44-42-40-38-36-34-32-30-28-26-24-22-20-17-14-11-8-5-2/h7-8,10-11,16-17,19-20,23-26,29-32,35-38,41,43,59H,4-6,9,12-15,18,21-22,27-28,33-34,39-40,42,44-58H2,1-3H3/b10-7-,11-8-,19-16-,20-17-,25-23-,26-24-,31-29-,32-30-,37-35-,38-36-,43-41-. The minimum Gasteiger partial charge on any atom is -0.462 e. The molecule has 0 bridgehead atoms. The van der Waals surface area contributed by atoms with Gasteiger partial charge in [0, 0.05) is 19.3 Å². The van der Waals surface area contributed by atoms with Gasteiger partial charge in [0.25, 0.3) is 0 Å². The molecule has 0 N–H and O–H groups in total. The molecule has 6 nitrogen and oxygen atoms in total. The molecule has 0 radical (unpaired) electrons. The van der Waals surface area contributed by atoms with Gasteiger partial charge in [-0.15, -0.1) is 0 Å². The van der Waals surface area contributed by atoms with Gasteiger partial charge in [-0.25, -0.2) is 0 Å². The highest BCUT2D eigenvalue weighted by atomic mass is 16.6. The fourth-order valence-corrected chi connectivity index (χ4v) is 6.88. The molecule has 0 aromatic heterocycles. The van der Waals surface area contributed by atoms with Gasteiger partial charge in [0.2, 0.25) is 0 Å². The van der Waals surface area contributed by atoms with Gasteiger partial charge >= 0.3 is 17.9 Å². The van der Waals surface area contributed by atoms with E-state index in [0.29, 0.717) is 25.7 Å². The van der Waals surface area contributed by atoms with Crippen molar-refractivity contribution in [2.75, 3.05) is 13.2 Å². The zero-order valence-corrected chi connectivity index (χ0v) is 43.6. The van der Waals surface area contributed by atoms with E-state index in [1.54, 1.807) is 0 Å². The zero-order chi connectivity index (χ0) is 49.3. The summed E-state index contributed by atoms with van der Waals surface area (Å²) in [6.45, 7) is 6.31. The summed E-state index contributed by atoms with van der Waals surface area (Å²) in [7, 11) is 0. The van der Waals surface area contributed by atoms with E-state index in [9.17, 15) is 14.4 Å². The Labute approximate surface area is 417 Å². The largest absolute Gasteiger partial charge is 0.462 e. The number of carbonyl (C=O) groups is 3. The summed E-state index contributed by atoms with van der Waals surface area (Å²) in [5.74, 6) is -0.980. The van der Waals surface area contributed by atoms with Crippen LogP contribution in [-0.4, -0.2) is 37.2 Å². The average Bonchev–Trinajstić information content (AvgIpc) is 3.34. The molecule has 0 saturated carbocycles. The highest BCUT2D eigenvalue weighted by Crippen LogP contribution is 2.13. The van der Waals surface area contributed by atoms with E-state index in [-0.39, 0.29) is 31.1 Å². The summed E-state index contributed by atoms with van der Waals surface area (Å²) in [6, 6.07) is 0. The van der Waals surface area contributed by atoms with Crippen LogP contribution in [0.3, 0.4) is 0 Å². The fourth-order valence-electron chi connectivity index (χ4n) is 6.88. The first kappa shape index (κ1) is 63.5. The summed E-state index contributed by atoms with van der Waals surface area (Å²) >= 11 is 0. The van der Waals surface area contributed by atoms with E-state index >= 15 is 0 Å². The van der Waals surface area contributed by atoms with Crippen LogP contribution in [0.4, 0.5) is 0 Å². The third-order valence-corrected chi connectivity index (χ3v) is 10.9. The van der Waals surface area contributed by atoms with E-state index in [0.717, 1.165) is 141 Å². The Balaban J connectivity index is 4.43. The molecule has 6 heteroatoms. The smallest absolute Gasteiger partial charge is 0.306 e. The first-order chi connectivity index (χ1) is 33.5. The SMILES string of the molecule is CC/C=C\C/C=C\C/C=C\C/C=C\C/C=C\C/C=C\CCCCC(=O)OCC(COC(=O)CCCCCCCCCC)OC(=O)CCCCCCC/C=C\C/C=C\C/C=C\C/C=C\C/C=C\CC. The predicted octanol–water partition coefficient (Wildman–Crippen LogP) is 18.3. The van der Waals surface area contributed by atoms with E-state index in [1.807, 2.05) is 0 Å². The van der Waals surface area contributed by atoms with Gasteiger partial charge in [-0.05, 0) is 116 Å². The van der Waals surface area contributed by atoms with Crippen LogP contribution in [0.1, 0.15) is 220 Å². The maximum absolute atomic E-state index is 12.8. The van der Waals surface area contributed by atoms with Crippen molar-refractivity contribution in [2.45, 2.75) is 226 Å². The quantitative estimate of drug-likeness (QED) is 0.0262. The monoisotopic (exact) mass is 939 g/mol. The molecule has 0 rings (SSSR count). The van der Waals surface area contributed by atoms with Crippen molar-refractivity contribution in [3.8, 4) is 0 Å². The summed E-state index contributed by atoms with van der Waals surface area (Å²) in [5.41, 5.74) is 0. The minimum atomic E-state index is -0.809. The summed E-state index contributed by atoms with van der Waals surface area (Å²) in [6.07, 6.45) is 77.3. The fraction of sp³-hybridized carbons (Fsp3) is 0.597. The first-order valence-corrected chi connectivity index (χ1v) is 27.2. The Kier molecular flexibility index (Phi) is 51.5. The summed E-state index contributed by atoms with van der Waals surface area (Å²) in [5, 5.41) is 0. The van der Waals surface area contributed by atoms with E-state index in [1.165, 1.54) is 32.1 Å². The molecular weight excluding hydrogens is 841 g/mol. The number of rotatable bonds is 47. The molecule has 0 amide bonds. The molecule has 0 spiro atoms. The van der Waals surface area contributed by atoms with Crippen LogP contribution in [0.5, 0.6) is 0 Å². The van der Waals surface area contributed by atoms with Gasteiger partial charge in [0.15, 0.2) is 6.10 Å². The number of hydrogen-bond donors (Lipinski definition) is 0. The first-order valence-electron chi connectivity index (χ1n) is 27.2. The maximum Gasteiger partial charge on any atom is 0.306 e. The van der Waals surface area contributed by atoms with Gasteiger partial charge in [-0.3, -0.25) is 14.4 Å². The van der Waals surface area contributed by atoms with Crippen molar-refractivity contribution >= 4 is 17.9 Å². The van der Waals surface area contributed by atoms with Gasteiger partial charge in [0.1, 0.15) is 13.2 Å². The molecule has 0 aromatic carbocycles. The second-order valence-electron chi connectivity index (χ2n) is 17.4. The Morgan fingerprint density at radius 3 is 0.926 bits per heavy atom. The number of esters is 3. The van der Waals surface area contributed by atoms with Crippen LogP contribution >= 0.6 is 0 Å². The zero-order valence-electron chi connectivity index (χ0n) is 43.6. The van der Waals surface area contributed by atoms with Crippen molar-refractivity contribution in [3.05, 3.63) is 134 Å². The van der Waals surface area contributed by atoms with Crippen LogP contribution in [0.15, 0.2) is 134 Å². The van der Waals surface area contributed by atoms with Gasteiger partial charge < -0.3 is 14.2 Å². The highest BCUT2D eigenvalue weighted by Gasteiger charge is 2.19. The maximum atomic E-state index is 12.8. The van der Waals surface area contributed by atoms with Crippen LogP contribution in [-0.2, 0) is 28.6 Å². The van der Waals surface area contributed by atoms with E-state index < -0.39 is 6.10 Å². The van der Waals surface area contributed by atoms with Gasteiger partial charge in [-0.2, -0.15) is 0 Å². The predicted molar refractivity (Wildman–Crippen MR) is 292 cm³/mol. The summed E-state index contributed by atoms with van der Waals surface area (Å²) < 4.78 is 16.7. The van der Waals surface area contributed by atoms with Crippen molar-refractivity contribution in [1.82, 2.24) is 0 Å². The van der Waals surface area contributed by atoms with Crippen molar-refractivity contribution in [1.29, 1.82) is 0 Å². The lowest BCUT2D eigenvalue weighted by Crippen LogP contribution is -2.30. The minimum absolute atomic E-state index is 0.104. The van der Waals surface area contributed by atoms with Crippen molar-refractivity contribution < 1.29 is 28.6 Å². The van der Waals surface area contributed by atoms with Gasteiger partial charge in [-0.1, -0.05) is 219 Å². The van der Waals surface area contributed by atoms with E-state index in [2.05, 4.69) is 154 Å². The Morgan fingerprint density at radius 1 is 0.309 bits per heavy atom. The second kappa shape index (κ2) is 55.1. The molecule has 0 aliphatic heterocycles. The number of hydrogen-bond acceptors (Lipinski definition) is 6. The second-order valence-corrected chi connectivity index (χ2v) is 17.4. The van der Waals surface area contributed by atoms with Crippen LogP contribution < -0.4 is 0 Å². The lowest BCUT2D eigenvalue weighted by molar-refractivity contribution is -0.167. The number of allylic oxidation sites excluding steroid dienone is 22. The molecule has 0 fully saturated rings. The normalized spacial score (nSPS) is 13.2. The number of ether oxygens (including phenoxy) is 3. The summed E-state index contributed by atoms with van der Waals surface area (Å²) in [4.78, 5) is 37.9. The number of unbranched alkanes of at least 4 members (excludes halogenated alkanes) is 14. The Bertz CT molecular complexity index is 1500. The highest BCUT2D eigenvalue weighted by molar-refractivity contribution is 5.71. The Hall–Kier alpha value is -4.45. The van der Waals surface area contributed by atoms with Crippen molar-refractivity contribution in [3.63, 3.8) is 0 Å². The Morgan fingerprint density at radius 2 is 0.574 bits per heavy atom. The lowest BCUT2D eigenvalue weighted by atomic mass is 10.1. The van der Waals surface area contributed by atoms with Crippen LogP contribution in [0.25, 0.3) is 0 Å². The molecule has 1 unspecified atom stereocenters. The van der Waals surface area contributed by atoms with Crippen molar-refractivity contribution in [2.24, 2.45) is 0 Å². The third kappa shape index (κ3) is 52.5.